The van der Waals surface area contributed by atoms with Crippen molar-refractivity contribution < 1.29 is 28.7 Å². The Bertz CT molecular complexity index is 902. The van der Waals surface area contributed by atoms with Crippen molar-refractivity contribution in [2.45, 2.75) is 78.9 Å². The maximum absolute atomic E-state index is 13.1. The number of cyclic esters (lactones) is 1. The second-order valence-corrected chi connectivity index (χ2v) is 10.9. The number of allylic oxidation sites excluding steroid dienone is 2. The molecule has 4 atom stereocenters. The van der Waals surface area contributed by atoms with E-state index >= 15 is 0 Å². The van der Waals surface area contributed by atoms with Gasteiger partial charge in [0.25, 0.3) is 5.91 Å². The molecule has 0 aromatic carbocycles. The molecule has 1 fully saturated rings. The second-order valence-electron chi connectivity index (χ2n) is 9.95. The van der Waals surface area contributed by atoms with Crippen LogP contribution in [0.4, 0.5) is 0 Å². The highest BCUT2D eigenvalue weighted by Gasteiger charge is 2.32. The molecular formula is C27H44N4O6S. The van der Waals surface area contributed by atoms with Gasteiger partial charge in [0.15, 0.2) is 0 Å². The summed E-state index contributed by atoms with van der Waals surface area (Å²) in [6, 6.07) is -2.78. The van der Waals surface area contributed by atoms with Crippen LogP contribution in [0.5, 0.6) is 0 Å². The first-order valence-electron chi connectivity index (χ1n) is 13.1. The predicted octanol–water partition coefficient (Wildman–Crippen LogP) is 2.06. The van der Waals surface area contributed by atoms with Crippen LogP contribution in [0, 0.1) is 17.8 Å². The smallest absolute Gasteiger partial charge is 0.328 e. The van der Waals surface area contributed by atoms with Gasteiger partial charge in [0.05, 0.1) is 6.61 Å². The van der Waals surface area contributed by atoms with Crippen molar-refractivity contribution in [3.05, 3.63) is 23.9 Å². The number of rotatable bonds is 7. The van der Waals surface area contributed by atoms with Gasteiger partial charge in [-0.15, -0.1) is 0 Å². The van der Waals surface area contributed by atoms with Gasteiger partial charge in [-0.05, 0) is 43.6 Å². The van der Waals surface area contributed by atoms with Gasteiger partial charge in [0.2, 0.25) is 17.7 Å². The molecule has 10 nitrogen and oxygen atoms in total. The molecule has 4 N–H and O–H groups in total. The molecule has 0 aromatic rings. The van der Waals surface area contributed by atoms with E-state index in [4.69, 9.17) is 4.74 Å². The highest BCUT2D eigenvalue weighted by Crippen LogP contribution is 2.13. The molecule has 0 aliphatic carbocycles. The van der Waals surface area contributed by atoms with E-state index in [0.29, 0.717) is 0 Å². The van der Waals surface area contributed by atoms with Gasteiger partial charge < -0.3 is 26.0 Å². The molecule has 1 aliphatic rings. The van der Waals surface area contributed by atoms with Crippen LogP contribution < -0.4 is 21.3 Å². The van der Waals surface area contributed by atoms with Gasteiger partial charge in [0.1, 0.15) is 23.8 Å². The third-order valence-corrected chi connectivity index (χ3v) is 6.73. The molecule has 1 aliphatic heterocycles. The van der Waals surface area contributed by atoms with E-state index in [1.165, 1.54) is 6.08 Å². The van der Waals surface area contributed by atoms with Gasteiger partial charge >= 0.3 is 5.97 Å². The van der Waals surface area contributed by atoms with E-state index in [1.54, 1.807) is 53.3 Å². The SMILES string of the molecule is C/C=C1\NC(=O)C(CC)NC(=O)C(C(C)C)NC(=O)CC(/C=C/CCSC)COC(=O)C(C(C)C)NC1=O. The maximum Gasteiger partial charge on any atom is 0.328 e. The van der Waals surface area contributed by atoms with E-state index in [-0.39, 0.29) is 42.9 Å². The molecule has 0 bridgehead atoms. The van der Waals surface area contributed by atoms with Gasteiger partial charge in [0, 0.05) is 12.3 Å². The summed E-state index contributed by atoms with van der Waals surface area (Å²) in [7, 11) is 0. The fraction of sp³-hybridized carbons (Fsp3) is 0.667. The Morgan fingerprint density at radius 3 is 2.18 bits per heavy atom. The predicted molar refractivity (Wildman–Crippen MR) is 149 cm³/mol. The van der Waals surface area contributed by atoms with Gasteiger partial charge in [-0.1, -0.05) is 52.8 Å². The van der Waals surface area contributed by atoms with Gasteiger partial charge in [-0.25, -0.2) is 4.79 Å². The van der Waals surface area contributed by atoms with E-state index in [9.17, 15) is 24.0 Å². The summed E-state index contributed by atoms with van der Waals surface area (Å²) >= 11 is 1.69. The number of carbonyl (C=O) groups is 5. The van der Waals surface area contributed by atoms with Crippen LogP contribution in [0.2, 0.25) is 0 Å². The number of hydrogen-bond donors (Lipinski definition) is 4. The standard InChI is InChI=1S/C27H44N4O6S/c1-8-19-24(33)28-20(9-2)25(34)31-23(17(5)6)27(36)37-15-18(12-10-11-13-38-7)14-21(32)30-22(16(3)4)26(35)29-19/h9-10,12,16-19,22-23H,8,11,13-15H2,1-7H3,(H,28,33)(H,29,35)(H,30,32)(H,31,34)/b12-10+,20-9-. The fourth-order valence-corrected chi connectivity index (χ4v) is 4.12. The summed E-state index contributed by atoms with van der Waals surface area (Å²) in [5.74, 6) is -2.79. The molecule has 214 valence electrons. The molecular weight excluding hydrogens is 508 g/mol. The summed E-state index contributed by atoms with van der Waals surface area (Å²) in [6.07, 6.45) is 8.27. The lowest BCUT2D eigenvalue weighted by molar-refractivity contribution is -0.150. The summed E-state index contributed by atoms with van der Waals surface area (Å²) in [5.41, 5.74) is -0.0474. The third kappa shape index (κ3) is 10.9. The summed E-state index contributed by atoms with van der Waals surface area (Å²) in [4.78, 5) is 64.9. The number of amides is 4. The minimum Gasteiger partial charge on any atom is -0.464 e. The lowest BCUT2D eigenvalue weighted by atomic mass is 10.0. The Morgan fingerprint density at radius 1 is 0.974 bits per heavy atom. The van der Waals surface area contributed by atoms with Crippen LogP contribution in [-0.2, 0) is 28.7 Å². The Balaban J connectivity index is 3.38. The number of esters is 1. The first-order chi connectivity index (χ1) is 17.9. The summed E-state index contributed by atoms with van der Waals surface area (Å²) in [5, 5.41) is 10.7. The van der Waals surface area contributed by atoms with Crippen LogP contribution in [0.25, 0.3) is 0 Å². The van der Waals surface area contributed by atoms with Gasteiger partial charge in [-0.2, -0.15) is 11.8 Å². The molecule has 1 heterocycles. The number of ether oxygens (including phenoxy) is 1. The normalized spacial score (nSPS) is 26.1. The van der Waals surface area contributed by atoms with E-state index in [0.717, 1.165) is 12.2 Å². The van der Waals surface area contributed by atoms with E-state index < -0.39 is 47.7 Å². The quantitative estimate of drug-likeness (QED) is 0.164. The van der Waals surface area contributed by atoms with Crippen LogP contribution in [-0.4, -0.2) is 66.3 Å². The third-order valence-electron chi connectivity index (χ3n) is 6.09. The number of hydrogen-bond acceptors (Lipinski definition) is 7. The van der Waals surface area contributed by atoms with Crippen molar-refractivity contribution in [2.24, 2.45) is 17.8 Å². The monoisotopic (exact) mass is 552 g/mol. The zero-order valence-corrected chi connectivity index (χ0v) is 24.4. The van der Waals surface area contributed by atoms with Gasteiger partial charge in [-0.3, -0.25) is 19.2 Å². The zero-order chi connectivity index (χ0) is 28.8. The lowest BCUT2D eigenvalue weighted by Crippen LogP contribution is -2.55. The first kappa shape index (κ1) is 33.2. The Kier molecular flexibility index (Phi) is 14.8. The largest absolute Gasteiger partial charge is 0.464 e. The second kappa shape index (κ2) is 16.9. The Morgan fingerprint density at radius 2 is 1.63 bits per heavy atom. The zero-order valence-electron chi connectivity index (χ0n) is 23.6. The topological polar surface area (TPSA) is 143 Å². The number of nitrogens with one attached hydrogen (secondary N) is 4. The summed E-state index contributed by atoms with van der Waals surface area (Å²) < 4.78 is 5.55. The number of carbonyl (C=O) groups excluding carboxylic acids is 5. The molecule has 0 spiro atoms. The molecule has 0 aromatic heterocycles. The molecule has 1 saturated heterocycles. The highest BCUT2D eigenvalue weighted by molar-refractivity contribution is 7.98. The molecule has 1 rings (SSSR count). The van der Waals surface area contributed by atoms with Crippen LogP contribution in [0.15, 0.2) is 23.9 Å². The highest BCUT2D eigenvalue weighted by atomic mass is 32.2. The van der Waals surface area contributed by atoms with Crippen LogP contribution in [0.1, 0.15) is 60.8 Å². The van der Waals surface area contributed by atoms with E-state index in [1.807, 2.05) is 18.4 Å². The van der Waals surface area contributed by atoms with Crippen molar-refractivity contribution >= 4 is 41.4 Å². The molecule has 0 radical (unpaired) electrons. The minimum absolute atomic E-state index is 0.00132. The minimum atomic E-state index is -0.966. The van der Waals surface area contributed by atoms with Crippen molar-refractivity contribution in [3.8, 4) is 0 Å². The fourth-order valence-electron chi connectivity index (χ4n) is 3.75. The first-order valence-corrected chi connectivity index (χ1v) is 14.5. The van der Waals surface area contributed by atoms with Crippen LogP contribution >= 0.6 is 11.8 Å². The Hall–Kier alpha value is -2.82. The van der Waals surface area contributed by atoms with Crippen molar-refractivity contribution in [1.82, 2.24) is 21.3 Å². The average Bonchev–Trinajstić information content (AvgIpc) is 2.86. The molecule has 4 unspecified atom stereocenters. The summed E-state index contributed by atoms with van der Waals surface area (Å²) in [6.45, 7) is 10.4. The molecule has 11 heteroatoms. The van der Waals surface area contributed by atoms with Crippen molar-refractivity contribution in [2.75, 3.05) is 18.6 Å². The van der Waals surface area contributed by atoms with Crippen LogP contribution in [0.3, 0.4) is 0 Å². The Labute approximate surface area is 230 Å². The number of thioether (sulfide) groups is 1. The molecule has 4 amide bonds. The molecule has 38 heavy (non-hydrogen) atoms. The van der Waals surface area contributed by atoms with Crippen molar-refractivity contribution in [1.29, 1.82) is 0 Å². The maximum atomic E-state index is 13.1. The van der Waals surface area contributed by atoms with Crippen molar-refractivity contribution in [3.63, 3.8) is 0 Å². The average molecular weight is 553 g/mol. The molecule has 0 saturated carbocycles. The van der Waals surface area contributed by atoms with E-state index in [2.05, 4.69) is 21.3 Å². The lowest BCUT2D eigenvalue weighted by Gasteiger charge is -2.25.